The number of halogens is 2. The Morgan fingerprint density at radius 3 is 2.23 bits per heavy atom. The minimum absolute atomic E-state index is 0.00614. The molecular weight excluding hydrogens is 410 g/mol. The van der Waals surface area contributed by atoms with Crippen molar-refractivity contribution in [1.29, 1.82) is 0 Å². The maximum Gasteiger partial charge on any atom is 0.264 e. The quantitative estimate of drug-likeness (QED) is 0.595. The Balaban J connectivity index is 1.75. The molecule has 8 heteroatoms. The van der Waals surface area contributed by atoms with Gasteiger partial charge in [-0.05, 0) is 54.4 Å². The molecule has 0 atom stereocenters. The highest BCUT2D eigenvalue weighted by Crippen LogP contribution is 2.24. The summed E-state index contributed by atoms with van der Waals surface area (Å²) in [6, 6.07) is 18.6. The SMILES string of the molecule is O=C(CN(c1cccc(F)c1)S(=O)(=O)c1ccccc1)NCCc1ccc(F)cc1. The monoisotopic (exact) mass is 430 g/mol. The van der Waals surface area contributed by atoms with E-state index in [2.05, 4.69) is 5.32 Å². The lowest BCUT2D eigenvalue weighted by Crippen LogP contribution is -2.41. The van der Waals surface area contributed by atoms with Crippen LogP contribution in [0, 0.1) is 11.6 Å². The summed E-state index contributed by atoms with van der Waals surface area (Å²) < 4.78 is 53.8. The highest BCUT2D eigenvalue weighted by molar-refractivity contribution is 7.92. The Bertz CT molecular complexity index is 1100. The topological polar surface area (TPSA) is 66.5 Å². The molecule has 5 nitrogen and oxygen atoms in total. The molecule has 0 bridgehead atoms. The van der Waals surface area contributed by atoms with Gasteiger partial charge in [0.15, 0.2) is 0 Å². The lowest BCUT2D eigenvalue weighted by molar-refractivity contribution is -0.119. The molecule has 0 saturated heterocycles. The smallest absolute Gasteiger partial charge is 0.264 e. The second kappa shape index (κ2) is 9.49. The van der Waals surface area contributed by atoms with E-state index in [0.29, 0.717) is 6.42 Å². The van der Waals surface area contributed by atoms with E-state index in [4.69, 9.17) is 0 Å². The molecule has 0 aliphatic rings. The number of nitrogens with one attached hydrogen (secondary N) is 1. The van der Waals surface area contributed by atoms with Gasteiger partial charge in [0.05, 0.1) is 10.6 Å². The Hall–Kier alpha value is -3.26. The normalized spacial score (nSPS) is 11.1. The van der Waals surface area contributed by atoms with Gasteiger partial charge in [-0.3, -0.25) is 9.10 Å². The van der Waals surface area contributed by atoms with E-state index >= 15 is 0 Å². The van der Waals surface area contributed by atoms with Gasteiger partial charge in [0.25, 0.3) is 10.0 Å². The first-order valence-corrected chi connectivity index (χ1v) is 10.6. The van der Waals surface area contributed by atoms with Crippen LogP contribution in [0.25, 0.3) is 0 Å². The zero-order valence-corrected chi connectivity index (χ0v) is 16.8. The maximum absolute atomic E-state index is 13.7. The standard InChI is InChI=1S/C22H20F2N2O3S/c23-18-11-9-17(10-12-18)13-14-25-22(27)16-26(20-6-4-5-19(24)15-20)30(28,29)21-7-2-1-3-8-21/h1-12,15H,13-14,16H2,(H,25,27). The molecule has 156 valence electrons. The number of sulfonamides is 1. The maximum atomic E-state index is 13.7. The minimum atomic E-state index is -4.08. The lowest BCUT2D eigenvalue weighted by atomic mass is 10.1. The number of carbonyl (C=O) groups is 1. The zero-order valence-electron chi connectivity index (χ0n) is 16.0. The van der Waals surface area contributed by atoms with Crippen molar-refractivity contribution in [2.45, 2.75) is 11.3 Å². The first kappa shape index (κ1) is 21.4. The van der Waals surface area contributed by atoms with Crippen LogP contribution in [0.15, 0.2) is 83.8 Å². The molecule has 0 aromatic heterocycles. The third-order valence-corrected chi connectivity index (χ3v) is 6.15. The Morgan fingerprint density at radius 2 is 1.57 bits per heavy atom. The number of carbonyl (C=O) groups excluding carboxylic acids is 1. The van der Waals surface area contributed by atoms with Crippen molar-refractivity contribution in [1.82, 2.24) is 5.32 Å². The second-order valence-corrected chi connectivity index (χ2v) is 8.39. The van der Waals surface area contributed by atoms with Crippen molar-refractivity contribution in [2.75, 3.05) is 17.4 Å². The van der Waals surface area contributed by atoms with Crippen molar-refractivity contribution in [2.24, 2.45) is 0 Å². The number of rotatable bonds is 8. The van der Waals surface area contributed by atoms with Crippen LogP contribution < -0.4 is 9.62 Å². The van der Waals surface area contributed by atoms with Gasteiger partial charge in [-0.1, -0.05) is 36.4 Å². The average molecular weight is 430 g/mol. The summed E-state index contributed by atoms with van der Waals surface area (Å²) in [4.78, 5) is 12.5. The van der Waals surface area contributed by atoms with Crippen LogP contribution >= 0.6 is 0 Å². The average Bonchev–Trinajstić information content (AvgIpc) is 2.74. The first-order chi connectivity index (χ1) is 14.4. The number of hydrogen-bond acceptors (Lipinski definition) is 3. The van der Waals surface area contributed by atoms with Crippen LogP contribution in [-0.2, 0) is 21.2 Å². The Labute approximate surface area is 174 Å². The first-order valence-electron chi connectivity index (χ1n) is 9.21. The van der Waals surface area contributed by atoms with Gasteiger partial charge in [0.2, 0.25) is 5.91 Å². The van der Waals surface area contributed by atoms with E-state index in [1.54, 1.807) is 30.3 Å². The Kier molecular flexibility index (Phi) is 6.79. The van der Waals surface area contributed by atoms with Gasteiger partial charge in [-0.25, -0.2) is 17.2 Å². The zero-order chi connectivity index (χ0) is 21.6. The molecule has 3 rings (SSSR count). The molecule has 1 N–H and O–H groups in total. The fourth-order valence-corrected chi connectivity index (χ4v) is 4.28. The third kappa shape index (κ3) is 5.42. The molecule has 0 aliphatic carbocycles. The van der Waals surface area contributed by atoms with Gasteiger partial charge >= 0.3 is 0 Å². The number of nitrogens with zero attached hydrogens (tertiary/aromatic N) is 1. The molecular formula is C22H20F2N2O3S. The highest BCUT2D eigenvalue weighted by atomic mass is 32.2. The van der Waals surface area contributed by atoms with E-state index in [9.17, 15) is 22.0 Å². The van der Waals surface area contributed by atoms with E-state index in [1.807, 2.05) is 0 Å². The predicted octanol–water partition coefficient (Wildman–Crippen LogP) is 3.52. The van der Waals surface area contributed by atoms with Gasteiger partial charge in [-0.2, -0.15) is 0 Å². The van der Waals surface area contributed by atoms with E-state index in [-0.39, 0.29) is 22.9 Å². The van der Waals surface area contributed by atoms with Crippen LogP contribution in [0.5, 0.6) is 0 Å². The summed E-state index contributed by atoms with van der Waals surface area (Å²) in [5, 5.41) is 2.65. The van der Waals surface area contributed by atoms with Crippen molar-refractivity contribution in [3.63, 3.8) is 0 Å². The Morgan fingerprint density at radius 1 is 0.867 bits per heavy atom. The molecule has 0 heterocycles. The third-order valence-electron chi connectivity index (χ3n) is 4.36. The molecule has 0 saturated carbocycles. The van der Waals surface area contributed by atoms with E-state index < -0.39 is 28.3 Å². The summed E-state index contributed by atoms with van der Waals surface area (Å²) in [7, 11) is -4.08. The van der Waals surface area contributed by atoms with Crippen LogP contribution in [0.2, 0.25) is 0 Å². The van der Waals surface area contributed by atoms with Crippen molar-refractivity contribution < 1.29 is 22.0 Å². The summed E-state index contributed by atoms with van der Waals surface area (Å²) in [5.41, 5.74) is 0.878. The molecule has 3 aromatic carbocycles. The van der Waals surface area contributed by atoms with Gasteiger partial charge < -0.3 is 5.32 Å². The fraction of sp³-hybridized carbons (Fsp3) is 0.136. The number of hydrogen-bond donors (Lipinski definition) is 1. The predicted molar refractivity (Wildman–Crippen MR) is 110 cm³/mol. The number of benzene rings is 3. The van der Waals surface area contributed by atoms with E-state index in [1.165, 1.54) is 42.5 Å². The molecule has 0 spiro atoms. The van der Waals surface area contributed by atoms with E-state index in [0.717, 1.165) is 15.9 Å². The number of amides is 1. The summed E-state index contributed by atoms with van der Waals surface area (Å²) >= 11 is 0. The molecule has 0 unspecified atom stereocenters. The van der Waals surface area contributed by atoms with Crippen LogP contribution in [0.4, 0.5) is 14.5 Å². The molecule has 3 aromatic rings. The summed E-state index contributed by atoms with van der Waals surface area (Å²) in [5.74, 6) is -1.50. The van der Waals surface area contributed by atoms with Gasteiger partial charge in [-0.15, -0.1) is 0 Å². The summed E-state index contributed by atoms with van der Waals surface area (Å²) in [6.07, 6.45) is 0.456. The van der Waals surface area contributed by atoms with Crippen LogP contribution in [-0.4, -0.2) is 27.4 Å². The van der Waals surface area contributed by atoms with Gasteiger partial charge in [0, 0.05) is 6.54 Å². The van der Waals surface area contributed by atoms with Crippen molar-refractivity contribution in [3.05, 3.63) is 96.1 Å². The molecule has 0 aliphatic heterocycles. The van der Waals surface area contributed by atoms with Crippen LogP contribution in [0.1, 0.15) is 5.56 Å². The highest BCUT2D eigenvalue weighted by Gasteiger charge is 2.27. The molecule has 0 radical (unpaired) electrons. The largest absolute Gasteiger partial charge is 0.354 e. The number of anilines is 1. The van der Waals surface area contributed by atoms with Crippen LogP contribution in [0.3, 0.4) is 0 Å². The minimum Gasteiger partial charge on any atom is -0.354 e. The molecule has 0 fully saturated rings. The molecule has 1 amide bonds. The molecule has 30 heavy (non-hydrogen) atoms. The second-order valence-electron chi connectivity index (χ2n) is 6.53. The van der Waals surface area contributed by atoms with Crippen molar-refractivity contribution in [3.8, 4) is 0 Å². The fourth-order valence-electron chi connectivity index (χ4n) is 2.85. The summed E-state index contributed by atoms with van der Waals surface area (Å²) in [6.45, 7) is -0.267. The lowest BCUT2D eigenvalue weighted by Gasteiger charge is -2.24. The van der Waals surface area contributed by atoms with Gasteiger partial charge in [0.1, 0.15) is 18.2 Å². The van der Waals surface area contributed by atoms with Crippen molar-refractivity contribution >= 4 is 21.6 Å².